The molecule has 0 bridgehead atoms. The number of rotatable bonds is 2. The molecule has 0 radical (unpaired) electrons. The van der Waals surface area contributed by atoms with E-state index in [1.807, 2.05) is 0 Å². The van der Waals surface area contributed by atoms with E-state index in [-0.39, 0.29) is 16.5 Å². The van der Waals surface area contributed by atoms with Gasteiger partial charge in [-0.1, -0.05) is 12.1 Å². The van der Waals surface area contributed by atoms with Crippen LogP contribution in [0.1, 0.15) is 0 Å². The van der Waals surface area contributed by atoms with Crippen molar-refractivity contribution < 1.29 is 29.6 Å². The molecule has 0 saturated carbocycles. The molecule has 0 aliphatic rings. The van der Waals surface area contributed by atoms with Gasteiger partial charge in [-0.15, -0.1) is 0 Å². The molecular weight excluding hydrogens is 275 g/mol. The molecular formula is C11H9O7P. The highest BCUT2D eigenvalue weighted by atomic mass is 31.2. The standard InChI is InChI=1S/C11H9O7P/c12-6-3-1-2-5-4-7(18-19(16)17)10(14)11(15)8(5)9(6)13/h1-4,14-17H,(H,12,13). The zero-order valence-electron chi connectivity index (χ0n) is 9.31. The van der Waals surface area contributed by atoms with Crippen LogP contribution in [0.5, 0.6) is 23.0 Å². The lowest BCUT2D eigenvalue weighted by atomic mass is 10.1. The van der Waals surface area contributed by atoms with Crippen molar-refractivity contribution in [3.8, 4) is 23.0 Å². The summed E-state index contributed by atoms with van der Waals surface area (Å²) in [5.41, 5.74) is -0.732. The first-order valence-corrected chi connectivity index (χ1v) is 6.15. The van der Waals surface area contributed by atoms with Crippen molar-refractivity contribution >= 4 is 19.4 Å². The molecule has 0 spiro atoms. The van der Waals surface area contributed by atoms with Crippen molar-refractivity contribution in [3.05, 3.63) is 34.5 Å². The molecule has 2 aromatic carbocycles. The van der Waals surface area contributed by atoms with Gasteiger partial charge in [0.25, 0.3) is 0 Å². The fourth-order valence-electron chi connectivity index (χ4n) is 1.63. The van der Waals surface area contributed by atoms with Gasteiger partial charge < -0.3 is 29.6 Å². The van der Waals surface area contributed by atoms with Gasteiger partial charge in [0.15, 0.2) is 17.2 Å². The highest BCUT2D eigenvalue weighted by molar-refractivity contribution is 7.39. The van der Waals surface area contributed by atoms with Gasteiger partial charge >= 0.3 is 8.60 Å². The van der Waals surface area contributed by atoms with Crippen molar-refractivity contribution in [2.75, 3.05) is 0 Å². The number of aromatic hydroxyl groups is 3. The first kappa shape index (κ1) is 13.4. The van der Waals surface area contributed by atoms with Crippen molar-refractivity contribution in [3.63, 3.8) is 0 Å². The minimum absolute atomic E-state index is 0.182. The molecule has 0 atom stereocenters. The molecule has 19 heavy (non-hydrogen) atoms. The third-order valence-corrected chi connectivity index (χ3v) is 2.80. The van der Waals surface area contributed by atoms with Gasteiger partial charge in [-0.25, -0.2) is 0 Å². The lowest BCUT2D eigenvalue weighted by molar-refractivity contribution is 0.350. The number of benzene rings is 1. The largest absolute Gasteiger partial charge is 0.504 e. The Kier molecular flexibility index (Phi) is 3.44. The number of hydrogen-bond acceptors (Lipinski definition) is 7. The summed E-state index contributed by atoms with van der Waals surface area (Å²) >= 11 is 0. The number of hydrogen-bond donors (Lipinski definition) is 5. The van der Waals surface area contributed by atoms with Gasteiger partial charge in [0, 0.05) is 0 Å². The van der Waals surface area contributed by atoms with Crippen molar-refractivity contribution in [1.29, 1.82) is 0 Å². The molecule has 5 N–H and O–H groups in total. The highest BCUT2D eigenvalue weighted by Gasteiger charge is 2.18. The molecule has 0 saturated heterocycles. The topological polar surface area (TPSA) is 127 Å². The minimum atomic E-state index is -2.78. The lowest BCUT2D eigenvalue weighted by Crippen LogP contribution is -1.93. The Labute approximate surface area is 107 Å². The van der Waals surface area contributed by atoms with Crippen LogP contribution in [-0.2, 0) is 0 Å². The van der Waals surface area contributed by atoms with Crippen LogP contribution in [0.3, 0.4) is 0 Å². The van der Waals surface area contributed by atoms with Crippen LogP contribution in [-0.4, -0.2) is 25.1 Å². The highest BCUT2D eigenvalue weighted by Crippen LogP contribution is 2.46. The van der Waals surface area contributed by atoms with E-state index in [4.69, 9.17) is 9.79 Å². The van der Waals surface area contributed by atoms with Crippen LogP contribution in [0.2, 0.25) is 0 Å². The summed E-state index contributed by atoms with van der Waals surface area (Å²) in [6.45, 7) is 0. The molecule has 0 heterocycles. The summed E-state index contributed by atoms with van der Waals surface area (Å²) < 4.78 is 4.54. The lowest BCUT2D eigenvalue weighted by Gasteiger charge is -2.10. The van der Waals surface area contributed by atoms with E-state index >= 15 is 0 Å². The summed E-state index contributed by atoms with van der Waals surface area (Å²) in [6, 6.07) is 4.97. The van der Waals surface area contributed by atoms with Gasteiger partial charge in [0.1, 0.15) is 0 Å². The van der Waals surface area contributed by atoms with Crippen molar-refractivity contribution in [2.45, 2.75) is 0 Å². The third kappa shape index (κ3) is 2.39. The fourth-order valence-corrected chi connectivity index (χ4v) is 1.95. The first-order chi connectivity index (χ1) is 8.91. The second kappa shape index (κ2) is 4.89. The zero-order chi connectivity index (χ0) is 14.2. The summed E-state index contributed by atoms with van der Waals surface area (Å²) in [7, 11) is -2.78. The van der Waals surface area contributed by atoms with Gasteiger partial charge in [0.05, 0.1) is 5.39 Å². The molecule has 0 aliphatic heterocycles. The van der Waals surface area contributed by atoms with Crippen LogP contribution in [0.4, 0.5) is 0 Å². The van der Waals surface area contributed by atoms with Gasteiger partial charge in [0.2, 0.25) is 11.2 Å². The Balaban J connectivity index is 2.87. The van der Waals surface area contributed by atoms with E-state index < -0.39 is 31.3 Å². The SMILES string of the molecule is O=c1cccc2cc(OP(O)O)c(O)c(O)c2c1O. The summed E-state index contributed by atoms with van der Waals surface area (Å²) in [4.78, 5) is 28.9. The summed E-state index contributed by atoms with van der Waals surface area (Å²) in [6.07, 6.45) is 0. The van der Waals surface area contributed by atoms with Crippen LogP contribution in [0.25, 0.3) is 10.8 Å². The molecule has 0 fully saturated rings. The Bertz CT molecular complexity index is 699. The van der Waals surface area contributed by atoms with E-state index in [2.05, 4.69) is 4.52 Å². The molecule has 0 aliphatic carbocycles. The summed E-state index contributed by atoms with van der Waals surface area (Å²) in [5, 5.41) is 29.0. The predicted octanol–water partition coefficient (Wildman–Crippen LogP) is 0.907. The number of phenolic OH excluding ortho intramolecular Hbond substituents is 2. The molecule has 2 rings (SSSR count). The molecule has 0 unspecified atom stereocenters. The van der Waals surface area contributed by atoms with Crippen LogP contribution in [0.15, 0.2) is 29.1 Å². The quantitative estimate of drug-likeness (QED) is 0.409. The molecule has 8 heteroatoms. The maximum absolute atomic E-state index is 11.4. The van der Waals surface area contributed by atoms with Crippen LogP contribution >= 0.6 is 8.60 Å². The van der Waals surface area contributed by atoms with E-state index in [9.17, 15) is 20.1 Å². The maximum atomic E-state index is 11.4. The van der Waals surface area contributed by atoms with Gasteiger partial charge in [-0.2, -0.15) is 0 Å². The Morgan fingerprint density at radius 2 is 1.68 bits per heavy atom. The molecule has 2 aromatic rings. The fraction of sp³-hybridized carbons (Fsp3) is 0. The van der Waals surface area contributed by atoms with Crippen molar-refractivity contribution in [1.82, 2.24) is 0 Å². The second-order valence-corrected chi connectivity index (χ2v) is 4.31. The zero-order valence-corrected chi connectivity index (χ0v) is 10.2. The van der Waals surface area contributed by atoms with E-state index in [0.717, 1.165) is 12.1 Å². The normalized spacial score (nSPS) is 10.9. The molecule has 100 valence electrons. The Hall–Kier alpha value is -2.08. The average Bonchev–Trinajstić information content (AvgIpc) is 2.46. The molecule has 0 amide bonds. The Morgan fingerprint density at radius 1 is 1.00 bits per heavy atom. The number of fused-ring (bicyclic) bond motifs is 1. The molecule has 0 aromatic heterocycles. The van der Waals surface area contributed by atoms with Crippen LogP contribution in [0, 0.1) is 0 Å². The molecule has 7 nitrogen and oxygen atoms in total. The number of phenols is 2. The van der Waals surface area contributed by atoms with Crippen LogP contribution < -0.4 is 9.95 Å². The minimum Gasteiger partial charge on any atom is -0.504 e. The predicted molar refractivity (Wildman–Crippen MR) is 67.2 cm³/mol. The van der Waals surface area contributed by atoms with Gasteiger partial charge in [-0.3, -0.25) is 4.79 Å². The second-order valence-electron chi connectivity index (χ2n) is 3.62. The Morgan fingerprint density at radius 3 is 2.32 bits per heavy atom. The average molecular weight is 284 g/mol. The monoisotopic (exact) mass is 284 g/mol. The maximum Gasteiger partial charge on any atom is 0.391 e. The third-order valence-electron chi connectivity index (χ3n) is 2.44. The smallest absolute Gasteiger partial charge is 0.391 e. The van der Waals surface area contributed by atoms with E-state index in [1.54, 1.807) is 0 Å². The van der Waals surface area contributed by atoms with Gasteiger partial charge in [-0.05, 0) is 17.5 Å². The van der Waals surface area contributed by atoms with E-state index in [1.165, 1.54) is 12.1 Å². The van der Waals surface area contributed by atoms with E-state index in [0.29, 0.717) is 0 Å². The first-order valence-electron chi connectivity index (χ1n) is 4.98. The van der Waals surface area contributed by atoms with Crippen molar-refractivity contribution in [2.24, 2.45) is 0 Å². The summed E-state index contributed by atoms with van der Waals surface area (Å²) in [5.74, 6) is -2.69.